The Morgan fingerprint density at radius 1 is 1.17 bits per heavy atom. The Morgan fingerprint density at radius 2 is 1.72 bits per heavy atom. The first kappa shape index (κ1) is 14.2. The van der Waals surface area contributed by atoms with E-state index < -0.39 is 5.97 Å². The Morgan fingerprint density at radius 3 is 2.17 bits per heavy atom. The minimum Gasteiger partial charge on any atom is -0.493 e. The van der Waals surface area contributed by atoms with Gasteiger partial charge >= 0.3 is 5.97 Å². The predicted octanol–water partition coefficient (Wildman–Crippen LogP) is 1.95. The molecule has 5 nitrogen and oxygen atoms in total. The van der Waals surface area contributed by atoms with Crippen LogP contribution in [-0.4, -0.2) is 33.4 Å². The maximum Gasteiger partial charge on any atom is 0.344 e. The summed E-state index contributed by atoms with van der Waals surface area (Å²) in [4.78, 5) is 11.3. The van der Waals surface area contributed by atoms with Crippen molar-refractivity contribution in [3.05, 3.63) is 17.7 Å². The first-order chi connectivity index (χ1) is 8.62. The Labute approximate surface area is 107 Å². The molecule has 1 aromatic carbocycles. The highest BCUT2D eigenvalue weighted by Gasteiger charge is 2.14. The molecule has 0 unspecified atom stereocenters. The van der Waals surface area contributed by atoms with Crippen LogP contribution in [-0.2, 0) is 9.53 Å². The molecule has 1 rings (SSSR count). The maximum atomic E-state index is 11.3. The van der Waals surface area contributed by atoms with Crippen LogP contribution >= 0.6 is 0 Å². The minimum atomic E-state index is -0.429. The number of aryl methyl sites for hydroxylation is 1. The van der Waals surface area contributed by atoms with Crippen LogP contribution < -0.4 is 14.2 Å². The van der Waals surface area contributed by atoms with E-state index in [-0.39, 0.29) is 6.61 Å². The number of hydrogen-bond acceptors (Lipinski definition) is 5. The molecule has 18 heavy (non-hydrogen) atoms. The van der Waals surface area contributed by atoms with E-state index in [9.17, 15) is 4.79 Å². The van der Waals surface area contributed by atoms with Gasteiger partial charge in [0.05, 0.1) is 20.8 Å². The Hall–Kier alpha value is -1.91. The zero-order chi connectivity index (χ0) is 13.5. The number of carbonyl (C=O) groups is 1. The fourth-order valence-electron chi connectivity index (χ4n) is 1.49. The SMILES string of the molecule is CCOC(=O)COc1c(OC)cc(C)cc1OC. The zero-order valence-electron chi connectivity index (χ0n) is 11.1. The van der Waals surface area contributed by atoms with Crippen LogP contribution in [0.1, 0.15) is 12.5 Å². The van der Waals surface area contributed by atoms with E-state index in [1.807, 2.05) is 19.1 Å². The number of benzene rings is 1. The molecule has 0 aliphatic rings. The molecule has 0 spiro atoms. The number of esters is 1. The fourth-order valence-corrected chi connectivity index (χ4v) is 1.49. The van der Waals surface area contributed by atoms with Gasteiger partial charge in [0.2, 0.25) is 5.75 Å². The second-order valence-electron chi connectivity index (χ2n) is 3.59. The summed E-state index contributed by atoms with van der Waals surface area (Å²) in [5, 5.41) is 0. The van der Waals surface area contributed by atoms with Crippen molar-refractivity contribution in [3.63, 3.8) is 0 Å². The van der Waals surface area contributed by atoms with Gasteiger partial charge in [-0.25, -0.2) is 4.79 Å². The molecule has 1 aromatic rings. The van der Waals surface area contributed by atoms with Crippen molar-refractivity contribution in [2.45, 2.75) is 13.8 Å². The zero-order valence-corrected chi connectivity index (χ0v) is 11.1. The van der Waals surface area contributed by atoms with E-state index in [2.05, 4.69) is 0 Å². The largest absolute Gasteiger partial charge is 0.493 e. The average molecular weight is 254 g/mol. The lowest BCUT2D eigenvalue weighted by atomic mass is 10.2. The Bertz CT molecular complexity index is 389. The highest BCUT2D eigenvalue weighted by atomic mass is 16.6. The van der Waals surface area contributed by atoms with Crippen molar-refractivity contribution in [3.8, 4) is 17.2 Å². The van der Waals surface area contributed by atoms with Gasteiger partial charge in [0, 0.05) is 0 Å². The molecule has 5 heteroatoms. The summed E-state index contributed by atoms with van der Waals surface area (Å²) < 4.78 is 20.6. The summed E-state index contributed by atoms with van der Waals surface area (Å²) in [6, 6.07) is 3.62. The molecule has 0 heterocycles. The highest BCUT2D eigenvalue weighted by Crippen LogP contribution is 2.38. The third-order valence-corrected chi connectivity index (χ3v) is 2.24. The normalized spacial score (nSPS) is 9.78. The molecule has 0 atom stereocenters. The van der Waals surface area contributed by atoms with Crippen LogP contribution in [0.4, 0.5) is 0 Å². The van der Waals surface area contributed by atoms with Crippen LogP contribution in [0.3, 0.4) is 0 Å². The van der Waals surface area contributed by atoms with E-state index in [1.54, 1.807) is 6.92 Å². The number of methoxy groups -OCH3 is 2. The molecular weight excluding hydrogens is 236 g/mol. The van der Waals surface area contributed by atoms with Gasteiger partial charge in [-0.3, -0.25) is 0 Å². The Kier molecular flexibility index (Phi) is 5.30. The van der Waals surface area contributed by atoms with Crippen LogP contribution in [0.2, 0.25) is 0 Å². The van der Waals surface area contributed by atoms with Crippen molar-refractivity contribution in [2.24, 2.45) is 0 Å². The van der Waals surface area contributed by atoms with E-state index >= 15 is 0 Å². The third-order valence-electron chi connectivity index (χ3n) is 2.24. The molecule has 0 bridgehead atoms. The van der Waals surface area contributed by atoms with Gasteiger partial charge in [-0.05, 0) is 31.5 Å². The van der Waals surface area contributed by atoms with Crippen LogP contribution in [0.5, 0.6) is 17.2 Å². The van der Waals surface area contributed by atoms with Crippen molar-refractivity contribution < 1.29 is 23.7 Å². The molecule has 0 saturated heterocycles. The van der Waals surface area contributed by atoms with Crippen molar-refractivity contribution in [1.82, 2.24) is 0 Å². The summed E-state index contributed by atoms with van der Waals surface area (Å²) in [5.41, 5.74) is 0.979. The second-order valence-corrected chi connectivity index (χ2v) is 3.59. The maximum absolute atomic E-state index is 11.3. The van der Waals surface area contributed by atoms with Crippen LogP contribution in [0, 0.1) is 6.92 Å². The van der Waals surface area contributed by atoms with Crippen molar-refractivity contribution >= 4 is 5.97 Å². The van der Waals surface area contributed by atoms with Gasteiger partial charge in [-0.2, -0.15) is 0 Å². The molecule has 0 radical (unpaired) electrons. The molecule has 0 N–H and O–H groups in total. The minimum absolute atomic E-state index is 0.177. The quantitative estimate of drug-likeness (QED) is 0.726. The van der Waals surface area contributed by atoms with Gasteiger partial charge in [0.1, 0.15) is 0 Å². The smallest absolute Gasteiger partial charge is 0.344 e. The molecule has 0 saturated carbocycles. The summed E-state index contributed by atoms with van der Waals surface area (Å²) >= 11 is 0. The first-order valence-corrected chi connectivity index (χ1v) is 5.63. The van der Waals surface area contributed by atoms with E-state index in [0.29, 0.717) is 23.9 Å². The summed E-state index contributed by atoms with van der Waals surface area (Å²) in [7, 11) is 3.07. The van der Waals surface area contributed by atoms with E-state index in [0.717, 1.165) is 5.56 Å². The number of ether oxygens (including phenoxy) is 4. The van der Waals surface area contributed by atoms with Crippen LogP contribution in [0.15, 0.2) is 12.1 Å². The molecule has 0 fully saturated rings. The Balaban J connectivity index is 2.88. The van der Waals surface area contributed by atoms with Gasteiger partial charge in [-0.15, -0.1) is 0 Å². The van der Waals surface area contributed by atoms with Crippen molar-refractivity contribution in [2.75, 3.05) is 27.4 Å². The molecule has 0 aromatic heterocycles. The highest BCUT2D eigenvalue weighted by molar-refractivity contribution is 5.71. The van der Waals surface area contributed by atoms with Gasteiger partial charge in [0.25, 0.3) is 0 Å². The molecule has 0 amide bonds. The van der Waals surface area contributed by atoms with Crippen molar-refractivity contribution in [1.29, 1.82) is 0 Å². The standard InChI is InChI=1S/C13H18O5/c1-5-17-12(14)8-18-13-10(15-3)6-9(2)7-11(13)16-4/h6-7H,5,8H2,1-4H3. The summed E-state index contributed by atoms with van der Waals surface area (Å²) in [6.07, 6.45) is 0. The summed E-state index contributed by atoms with van der Waals surface area (Å²) in [5.74, 6) is 1.02. The monoisotopic (exact) mass is 254 g/mol. The molecule has 100 valence electrons. The van der Waals surface area contributed by atoms with Crippen LogP contribution in [0.25, 0.3) is 0 Å². The fraction of sp³-hybridized carbons (Fsp3) is 0.462. The lowest BCUT2D eigenvalue weighted by molar-refractivity contribution is -0.145. The predicted molar refractivity (Wildman–Crippen MR) is 66.4 cm³/mol. The first-order valence-electron chi connectivity index (χ1n) is 5.63. The second kappa shape index (κ2) is 6.74. The third kappa shape index (κ3) is 3.55. The number of rotatable bonds is 6. The van der Waals surface area contributed by atoms with Gasteiger partial charge < -0.3 is 18.9 Å². The van der Waals surface area contributed by atoms with E-state index in [1.165, 1.54) is 14.2 Å². The molecule has 0 aliphatic heterocycles. The summed E-state index contributed by atoms with van der Waals surface area (Å²) in [6.45, 7) is 3.80. The average Bonchev–Trinajstić information content (AvgIpc) is 2.36. The number of hydrogen-bond donors (Lipinski definition) is 0. The van der Waals surface area contributed by atoms with Gasteiger partial charge in [0.15, 0.2) is 18.1 Å². The lowest BCUT2D eigenvalue weighted by Gasteiger charge is -2.14. The van der Waals surface area contributed by atoms with Gasteiger partial charge in [-0.1, -0.05) is 0 Å². The molecule has 0 aliphatic carbocycles. The lowest BCUT2D eigenvalue weighted by Crippen LogP contribution is -2.15. The molecular formula is C13H18O5. The number of carbonyl (C=O) groups excluding carboxylic acids is 1. The topological polar surface area (TPSA) is 54.0 Å². The van der Waals surface area contributed by atoms with E-state index in [4.69, 9.17) is 18.9 Å².